The van der Waals surface area contributed by atoms with Crippen LogP contribution in [0.1, 0.15) is 18.4 Å². The van der Waals surface area contributed by atoms with Gasteiger partial charge in [-0.25, -0.2) is 0 Å². The van der Waals surface area contributed by atoms with E-state index in [2.05, 4.69) is 0 Å². The first-order valence-corrected chi connectivity index (χ1v) is 7.19. The van der Waals surface area contributed by atoms with E-state index in [1.807, 2.05) is 18.2 Å². The molecule has 2 saturated heterocycles. The van der Waals surface area contributed by atoms with Gasteiger partial charge in [-0.05, 0) is 30.5 Å². The normalized spacial score (nSPS) is 23.7. The zero-order valence-corrected chi connectivity index (χ0v) is 11.6. The molecule has 1 atom stereocenters. The standard InChI is InChI=1S/C15H16N2O4/c18-14-8-16(15(19)11-2-1-5-17(11)14)7-10-3-4-12-13(6-10)21-9-20-12/h3-4,6,11H,1-2,5,7-9H2. The van der Waals surface area contributed by atoms with Crippen LogP contribution in [0.25, 0.3) is 0 Å². The topological polar surface area (TPSA) is 59.1 Å². The summed E-state index contributed by atoms with van der Waals surface area (Å²) in [6, 6.07) is 5.38. The van der Waals surface area contributed by atoms with Crippen LogP contribution in [0.4, 0.5) is 0 Å². The van der Waals surface area contributed by atoms with Crippen LogP contribution < -0.4 is 9.47 Å². The summed E-state index contributed by atoms with van der Waals surface area (Å²) in [6.07, 6.45) is 1.70. The van der Waals surface area contributed by atoms with E-state index in [4.69, 9.17) is 9.47 Å². The molecule has 0 spiro atoms. The second-order valence-electron chi connectivity index (χ2n) is 5.63. The Morgan fingerprint density at radius 1 is 1.19 bits per heavy atom. The number of rotatable bonds is 2. The number of fused-ring (bicyclic) bond motifs is 2. The molecule has 1 aromatic rings. The van der Waals surface area contributed by atoms with Crippen molar-refractivity contribution in [1.82, 2.24) is 9.80 Å². The highest BCUT2D eigenvalue weighted by atomic mass is 16.7. The second kappa shape index (κ2) is 4.65. The Bertz CT molecular complexity index is 616. The highest BCUT2D eigenvalue weighted by Gasteiger charge is 2.41. The maximum Gasteiger partial charge on any atom is 0.246 e. The molecule has 0 aromatic heterocycles. The molecule has 0 aliphatic carbocycles. The predicted octanol–water partition coefficient (Wildman–Crippen LogP) is 0.748. The van der Waals surface area contributed by atoms with Crippen molar-refractivity contribution in [3.05, 3.63) is 23.8 Å². The van der Waals surface area contributed by atoms with Crippen LogP contribution in [0.5, 0.6) is 11.5 Å². The Balaban J connectivity index is 1.54. The van der Waals surface area contributed by atoms with E-state index in [0.717, 1.165) is 24.2 Å². The van der Waals surface area contributed by atoms with Gasteiger partial charge in [-0.3, -0.25) is 9.59 Å². The van der Waals surface area contributed by atoms with Gasteiger partial charge in [0.1, 0.15) is 12.6 Å². The fourth-order valence-electron chi connectivity index (χ4n) is 3.26. The minimum absolute atomic E-state index is 0.0536. The fourth-order valence-corrected chi connectivity index (χ4v) is 3.26. The van der Waals surface area contributed by atoms with E-state index in [1.54, 1.807) is 9.80 Å². The van der Waals surface area contributed by atoms with E-state index in [9.17, 15) is 9.59 Å². The van der Waals surface area contributed by atoms with Crippen LogP contribution in [-0.2, 0) is 16.1 Å². The van der Waals surface area contributed by atoms with Crippen LogP contribution >= 0.6 is 0 Å². The zero-order chi connectivity index (χ0) is 14.4. The van der Waals surface area contributed by atoms with Gasteiger partial charge in [-0.2, -0.15) is 0 Å². The van der Waals surface area contributed by atoms with Crippen molar-refractivity contribution in [2.75, 3.05) is 19.9 Å². The molecule has 4 rings (SSSR count). The first-order valence-electron chi connectivity index (χ1n) is 7.19. The highest BCUT2D eigenvalue weighted by molar-refractivity contribution is 5.95. The van der Waals surface area contributed by atoms with Gasteiger partial charge < -0.3 is 19.3 Å². The predicted molar refractivity (Wildman–Crippen MR) is 72.7 cm³/mol. The van der Waals surface area contributed by atoms with Gasteiger partial charge in [0.15, 0.2) is 11.5 Å². The minimum atomic E-state index is -0.250. The molecule has 1 aromatic carbocycles. The van der Waals surface area contributed by atoms with Gasteiger partial charge in [0.05, 0.1) is 0 Å². The first kappa shape index (κ1) is 12.5. The summed E-state index contributed by atoms with van der Waals surface area (Å²) < 4.78 is 10.6. The molecule has 21 heavy (non-hydrogen) atoms. The molecule has 0 radical (unpaired) electrons. The van der Waals surface area contributed by atoms with Crippen molar-refractivity contribution in [1.29, 1.82) is 0 Å². The average molecular weight is 288 g/mol. The summed E-state index contributed by atoms with van der Waals surface area (Å²) in [5, 5.41) is 0. The molecule has 3 heterocycles. The third-order valence-electron chi connectivity index (χ3n) is 4.31. The quantitative estimate of drug-likeness (QED) is 0.805. The Kier molecular flexibility index (Phi) is 2.77. The van der Waals surface area contributed by atoms with Gasteiger partial charge in [-0.1, -0.05) is 6.07 Å². The summed E-state index contributed by atoms with van der Waals surface area (Å²) in [5.41, 5.74) is 0.951. The van der Waals surface area contributed by atoms with Crippen LogP contribution in [0.2, 0.25) is 0 Å². The number of nitrogens with zero attached hydrogens (tertiary/aromatic N) is 2. The average Bonchev–Trinajstić information content (AvgIpc) is 3.13. The maximum absolute atomic E-state index is 12.5. The lowest BCUT2D eigenvalue weighted by atomic mass is 10.1. The SMILES string of the molecule is O=C1C2CCCN2C(=O)CN1Cc1ccc2c(c1)OCO2. The summed E-state index contributed by atoms with van der Waals surface area (Å²) in [7, 11) is 0. The van der Waals surface area contributed by atoms with Crippen molar-refractivity contribution < 1.29 is 19.1 Å². The maximum atomic E-state index is 12.5. The van der Waals surface area contributed by atoms with Crippen LogP contribution in [0.3, 0.4) is 0 Å². The fraction of sp³-hybridized carbons (Fsp3) is 0.467. The lowest BCUT2D eigenvalue weighted by Gasteiger charge is -2.36. The molecule has 3 aliphatic rings. The minimum Gasteiger partial charge on any atom is -0.454 e. The van der Waals surface area contributed by atoms with Gasteiger partial charge in [-0.15, -0.1) is 0 Å². The molecule has 0 bridgehead atoms. The van der Waals surface area contributed by atoms with E-state index < -0.39 is 0 Å². The van der Waals surface area contributed by atoms with Crippen molar-refractivity contribution in [2.24, 2.45) is 0 Å². The van der Waals surface area contributed by atoms with Crippen molar-refractivity contribution in [2.45, 2.75) is 25.4 Å². The van der Waals surface area contributed by atoms with E-state index in [1.165, 1.54) is 0 Å². The lowest BCUT2D eigenvalue weighted by molar-refractivity contribution is -0.154. The summed E-state index contributed by atoms with van der Waals surface area (Å²) in [4.78, 5) is 27.9. The van der Waals surface area contributed by atoms with E-state index >= 15 is 0 Å². The van der Waals surface area contributed by atoms with Crippen LogP contribution in [0, 0.1) is 0 Å². The molecule has 2 fully saturated rings. The summed E-state index contributed by atoms with van der Waals surface area (Å²) >= 11 is 0. The van der Waals surface area contributed by atoms with Crippen LogP contribution in [0.15, 0.2) is 18.2 Å². The number of hydrogen-bond donors (Lipinski definition) is 0. The Morgan fingerprint density at radius 3 is 2.95 bits per heavy atom. The molecule has 110 valence electrons. The highest BCUT2D eigenvalue weighted by Crippen LogP contribution is 2.33. The first-order chi connectivity index (χ1) is 10.2. The second-order valence-corrected chi connectivity index (χ2v) is 5.63. The number of carbonyl (C=O) groups is 2. The molecule has 3 aliphatic heterocycles. The summed E-state index contributed by atoms with van der Waals surface area (Å²) in [6.45, 7) is 1.55. The lowest BCUT2D eigenvalue weighted by Crippen LogP contribution is -2.56. The van der Waals surface area contributed by atoms with E-state index in [-0.39, 0.29) is 31.2 Å². The molecule has 6 nitrogen and oxygen atoms in total. The third kappa shape index (κ3) is 2.02. The monoisotopic (exact) mass is 288 g/mol. The molecule has 6 heteroatoms. The molecule has 0 saturated carbocycles. The molecule has 1 unspecified atom stereocenters. The number of piperazine rings is 1. The number of carbonyl (C=O) groups excluding carboxylic acids is 2. The number of ether oxygens (including phenoxy) is 2. The van der Waals surface area contributed by atoms with E-state index in [0.29, 0.717) is 18.8 Å². The molecule has 0 N–H and O–H groups in total. The number of hydrogen-bond acceptors (Lipinski definition) is 4. The van der Waals surface area contributed by atoms with Gasteiger partial charge in [0.25, 0.3) is 0 Å². The largest absolute Gasteiger partial charge is 0.454 e. The Labute approximate surface area is 122 Å². The number of amides is 2. The zero-order valence-electron chi connectivity index (χ0n) is 11.6. The summed E-state index contributed by atoms with van der Waals surface area (Å²) in [5.74, 6) is 1.54. The molecular formula is C15H16N2O4. The molecule has 2 amide bonds. The van der Waals surface area contributed by atoms with Crippen molar-refractivity contribution in [3.8, 4) is 11.5 Å². The van der Waals surface area contributed by atoms with Crippen molar-refractivity contribution >= 4 is 11.8 Å². The Morgan fingerprint density at radius 2 is 2.05 bits per heavy atom. The van der Waals surface area contributed by atoms with Crippen LogP contribution in [-0.4, -0.2) is 47.5 Å². The Hall–Kier alpha value is -2.24. The van der Waals surface area contributed by atoms with Crippen molar-refractivity contribution in [3.63, 3.8) is 0 Å². The number of benzene rings is 1. The van der Waals surface area contributed by atoms with Gasteiger partial charge >= 0.3 is 0 Å². The van der Waals surface area contributed by atoms with Gasteiger partial charge in [0.2, 0.25) is 18.6 Å². The smallest absolute Gasteiger partial charge is 0.246 e. The molecular weight excluding hydrogens is 272 g/mol. The van der Waals surface area contributed by atoms with Gasteiger partial charge in [0, 0.05) is 13.1 Å². The third-order valence-corrected chi connectivity index (χ3v) is 4.31.